The third-order valence-electron chi connectivity index (χ3n) is 2.35. The van der Waals surface area contributed by atoms with Crippen LogP contribution in [0.4, 0.5) is 0 Å². The van der Waals surface area contributed by atoms with Crippen LogP contribution in [0.25, 0.3) is 0 Å². The number of hydrogen-bond donors (Lipinski definition) is 3. The summed E-state index contributed by atoms with van der Waals surface area (Å²) in [4.78, 5) is 32.9. The highest BCUT2D eigenvalue weighted by atomic mass is 35.5. The van der Waals surface area contributed by atoms with Gasteiger partial charge in [0.1, 0.15) is 11.8 Å². The van der Waals surface area contributed by atoms with Gasteiger partial charge in [0.15, 0.2) is 6.61 Å². The van der Waals surface area contributed by atoms with Gasteiger partial charge >= 0.3 is 11.9 Å². The van der Waals surface area contributed by atoms with Crippen molar-refractivity contribution in [2.45, 2.75) is 12.5 Å². The molecule has 0 aliphatic carbocycles. The average Bonchev–Trinajstić information content (AvgIpc) is 2.40. The van der Waals surface area contributed by atoms with Crippen LogP contribution in [0.15, 0.2) is 12.1 Å². The predicted molar refractivity (Wildman–Crippen MR) is 78.8 cm³/mol. The van der Waals surface area contributed by atoms with Gasteiger partial charge in [0, 0.05) is 6.07 Å². The highest BCUT2D eigenvalue weighted by molar-refractivity contribution is 6.43. The normalized spacial score (nSPS) is 11.6. The summed E-state index contributed by atoms with van der Waals surface area (Å²) in [6.45, 7) is -0.568. The zero-order valence-corrected chi connectivity index (χ0v) is 13.1. The van der Waals surface area contributed by atoms with Crippen molar-refractivity contribution in [1.82, 2.24) is 5.32 Å². The first kappa shape index (κ1) is 18.3. The molecule has 0 fully saturated rings. The number of carboxylic acids is 2. The van der Waals surface area contributed by atoms with E-state index in [1.54, 1.807) is 0 Å². The van der Waals surface area contributed by atoms with Crippen molar-refractivity contribution in [3.63, 3.8) is 0 Å². The van der Waals surface area contributed by atoms with E-state index in [1.165, 1.54) is 12.1 Å². The molecule has 1 aromatic carbocycles. The molecule has 0 radical (unpaired) electrons. The highest BCUT2D eigenvalue weighted by Gasteiger charge is 2.23. The van der Waals surface area contributed by atoms with Crippen molar-refractivity contribution in [2.24, 2.45) is 0 Å². The Morgan fingerprint density at radius 1 is 1.09 bits per heavy atom. The number of carboxylic acid groups (broad SMARTS) is 2. The Morgan fingerprint density at radius 3 is 2.23 bits per heavy atom. The largest absolute Gasteiger partial charge is 0.482 e. The summed E-state index contributed by atoms with van der Waals surface area (Å²) >= 11 is 17.3. The standard InChI is InChI=1S/C12H10Cl3NO6/c13-5-1-7(15)9(2-6(5)14)22-4-10(17)16-8(12(20)21)3-11(18)19/h1-2,8H,3-4H2,(H,16,17)(H,18,19)(H,20,21)/t8-/m0/s1. The van der Waals surface area contributed by atoms with Gasteiger partial charge in [-0.25, -0.2) is 4.79 Å². The third-order valence-corrected chi connectivity index (χ3v) is 3.36. The quantitative estimate of drug-likeness (QED) is 0.633. The first-order chi connectivity index (χ1) is 10.2. The Hall–Kier alpha value is -1.70. The topological polar surface area (TPSA) is 113 Å². The lowest BCUT2D eigenvalue weighted by Gasteiger charge is -2.13. The molecule has 0 saturated heterocycles. The lowest BCUT2D eigenvalue weighted by atomic mass is 10.2. The molecule has 0 saturated carbocycles. The van der Waals surface area contributed by atoms with Gasteiger partial charge in [0.2, 0.25) is 0 Å². The minimum Gasteiger partial charge on any atom is -0.482 e. The molecule has 120 valence electrons. The Bertz CT molecular complexity index is 607. The van der Waals surface area contributed by atoms with Gasteiger partial charge in [0.25, 0.3) is 5.91 Å². The van der Waals surface area contributed by atoms with Crippen LogP contribution in [0.2, 0.25) is 15.1 Å². The fourth-order valence-electron chi connectivity index (χ4n) is 1.37. The van der Waals surface area contributed by atoms with Crippen molar-refractivity contribution in [2.75, 3.05) is 6.61 Å². The van der Waals surface area contributed by atoms with E-state index in [1.807, 2.05) is 5.32 Å². The van der Waals surface area contributed by atoms with E-state index in [-0.39, 0.29) is 20.8 Å². The molecular weight excluding hydrogens is 360 g/mol. The van der Waals surface area contributed by atoms with Crippen LogP contribution >= 0.6 is 34.8 Å². The highest BCUT2D eigenvalue weighted by Crippen LogP contribution is 2.33. The molecule has 0 aliphatic rings. The molecule has 0 heterocycles. The number of amides is 1. The maximum Gasteiger partial charge on any atom is 0.326 e. The number of ether oxygens (including phenoxy) is 1. The van der Waals surface area contributed by atoms with Crippen LogP contribution in [-0.2, 0) is 14.4 Å². The lowest BCUT2D eigenvalue weighted by Crippen LogP contribution is -2.44. The zero-order valence-electron chi connectivity index (χ0n) is 10.8. The summed E-state index contributed by atoms with van der Waals surface area (Å²) < 4.78 is 5.09. The molecule has 0 aliphatic heterocycles. The van der Waals surface area contributed by atoms with Crippen molar-refractivity contribution in [3.05, 3.63) is 27.2 Å². The molecule has 22 heavy (non-hydrogen) atoms. The van der Waals surface area contributed by atoms with E-state index in [0.29, 0.717) is 0 Å². The molecule has 0 spiro atoms. The van der Waals surface area contributed by atoms with Gasteiger partial charge in [-0.05, 0) is 6.07 Å². The maximum atomic E-state index is 11.6. The molecule has 0 bridgehead atoms. The van der Waals surface area contributed by atoms with E-state index in [0.717, 1.165) is 0 Å². The summed E-state index contributed by atoms with van der Waals surface area (Å²) in [6.07, 6.45) is -0.755. The van der Waals surface area contributed by atoms with Crippen LogP contribution in [0.5, 0.6) is 5.75 Å². The van der Waals surface area contributed by atoms with Crippen LogP contribution in [-0.4, -0.2) is 40.7 Å². The molecule has 1 amide bonds. The number of rotatable bonds is 7. The number of carbonyl (C=O) groups is 3. The molecule has 3 N–H and O–H groups in total. The van der Waals surface area contributed by atoms with E-state index in [2.05, 4.69) is 0 Å². The SMILES string of the molecule is O=C(O)C[C@H](NC(=O)COc1cc(Cl)c(Cl)cc1Cl)C(=O)O. The molecule has 0 unspecified atom stereocenters. The lowest BCUT2D eigenvalue weighted by molar-refractivity contribution is -0.147. The fourth-order valence-corrected chi connectivity index (χ4v) is 1.96. The molecular formula is C12H10Cl3NO6. The van der Waals surface area contributed by atoms with E-state index in [4.69, 9.17) is 49.8 Å². The Balaban J connectivity index is 2.64. The summed E-state index contributed by atoms with van der Waals surface area (Å²) in [7, 11) is 0. The summed E-state index contributed by atoms with van der Waals surface area (Å²) in [6, 6.07) is 1.06. The second-order valence-corrected chi connectivity index (χ2v) is 5.26. The van der Waals surface area contributed by atoms with Crippen molar-refractivity contribution >= 4 is 52.6 Å². The number of hydrogen-bond acceptors (Lipinski definition) is 4. The van der Waals surface area contributed by atoms with Crippen LogP contribution in [0, 0.1) is 0 Å². The number of nitrogens with one attached hydrogen (secondary N) is 1. The maximum absolute atomic E-state index is 11.6. The first-order valence-electron chi connectivity index (χ1n) is 5.72. The van der Waals surface area contributed by atoms with Gasteiger partial charge in [-0.1, -0.05) is 34.8 Å². The van der Waals surface area contributed by atoms with Gasteiger partial charge in [-0.3, -0.25) is 9.59 Å². The van der Waals surface area contributed by atoms with Gasteiger partial charge in [-0.15, -0.1) is 0 Å². The minimum atomic E-state index is -1.56. The average molecular weight is 371 g/mol. The van der Waals surface area contributed by atoms with Gasteiger partial charge < -0.3 is 20.3 Å². The second kappa shape index (κ2) is 8.07. The van der Waals surface area contributed by atoms with E-state index >= 15 is 0 Å². The fraction of sp³-hybridized carbons (Fsp3) is 0.250. The molecule has 1 atom stereocenters. The van der Waals surface area contributed by atoms with Crippen molar-refractivity contribution < 1.29 is 29.3 Å². The summed E-state index contributed by atoms with van der Waals surface area (Å²) in [5.74, 6) is -3.57. The molecule has 0 aromatic heterocycles. The Kier molecular flexibility index (Phi) is 6.73. The van der Waals surface area contributed by atoms with E-state index < -0.39 is 36.9 Å². The second-order valence-electron chi connectivity index (χ2n) is 4.04. The van der Waals surface area contributed by atoms with Crippen LogP contribution in [0.1, 0.15) is 6.42 Å². The number of halogens is 3. The van der Waals surface area contributed by atoms with Crippen LogP contribution < -0.4 is 10.1 Å². The third kappa shape index (κ3) is 5.59. The Labute approximate surface area is 139 Å². The molecule has 7 nitrogen and oxygen atoms in total. The van der Waals surface area contributed by atoms with E-state index in [9.17, 15) is 14.4 Å². The summed E-state index contributed by atoms with van der Waals surface area (Å²) in [5, 5.41) is 19.8. The monoisotopic (exact) mass is 369 g/mol. The predicted octanol–water partition coefficient (Wildman–Crippen LogP) is 2.07. The Morgan fingerprint density at radius 2 is 1.68 bits per heavy atom. The summed E-state index contributed by atoms with van der Waals surface area (Å²) in [5.41, 5.74) is 0. The van der Waals surface area contributed by atoms with Gasteiger partial charge in [0.05, 0.1) is 21.5 Å². The van der Waals surface area contributed by atoms with Gasteiger partial charge in [-0.2, -0.15) is 0 Å². The van der Waals surface area contributed by atoms with Crippen molar-refractivity contribution in [1.29, 1.82) is 0 Å². The minimum absolute atomic E-state index is 0.0799. The first-order valence-corrected chi connectivity index (χ1v) is 6.85. The van der Waals surface area contributed by atoms with Crippen LogP contribution in [0.3, 0.4) is 0 Å². The number of benzene rings is 1. The van der Waals surface area contributed by atoms with Crippen molar-refractivity contribution in [3.8, 4) is 5.75 Å². The zero-order chi connectivity index (χ0) is 16.9. The molecule has 1 aromatic rings. The number of carbonyl (C=O) groups excluding carboxylic acids is 1. The number of aliphatic carboxylic acids is 2. The smallest absolute Gasteiger partial charge is 0.326 e. The molecule has 1 rings (SSSR count). The molecule has 10 heteroatoms.